The van der Waals surface area contributed by atoms with Gasteiger partial charge in [0.1, 0.15) is 0 Å². The fourth-order valence-electron chi connectivity index (χ4n) is 0.963. The summed E-state index contributed by atoms with van der Waals surface area (Å²) in [4.78, 5) is 11.3. The molecule has 0 bridgehead atoms. The van der Waals surface area contributed by atoms with E-state index in [1.807, 2.05) is 24.3 Å². The number of amides is 1. The van der Waals surface area contributed by atoms with Crippen molar-refractivity contribution >= 4 is 39.2 Å². The maximum atomic E-state index is 11.3. The first-order valence-electron chi connectivity index (χ1n) is 4.16. The van der Waals surface area contributed by atoms with Crippen molar-refractivity contribution < 1.29 is 4.79 Å². The highest BCUT2D eigenvalue weighted by Gasteiger charge is 2.02. The molecule has 0 spiro atoms. The lowest BCUT2D eigenvalue weighted by Gasteiger charge is -2.06. The zero-order valence-corrected chi connectivity index (χ0v) is 10.2. The monoisotopic (exact) mass is 287 g/mol. The first-order valence-corrected chi connectivity index (χ1v) is 5.37. The van der Waals surface area contributed by atoms with Crippen LogP contribution in [0.5, 0.6) is 0 Å². The zero-order valence-electron chi connectivity index (χ0n) is 7.79. The molecular formula is C9H10BrN3OS. The minimum atomic E-state index is -0.190. The van der Waals surface area contributed by atoms with E-state index in [0.29, 0.717) is 0 Å². The normalized spacial score (nSPS) is 9.40. The van der Waals surface area contributed by atoms with E-state index >= 15 is 0 Å². The molecule has 0 aliphatic rings. The van der Waals surface area contributed by atoms with E-state index in [9.17, 15) is 4.79 Å². The maximum Gasteiger partial charge on any atom is 0.242 e. The third-order valence-corrected chi connectivity index (χ3v) is 2.23. The standard InChI is InChI=1S/C9H10BrN3OS/c10-7-3-1-6(2-4-7)5-8(14)12-13-9(11)15/h1-4H,5H2,(H,12,14)(H3,11,13,15). The van der Waals surface area contributed by atoms with Gasteiger partial charge in [-0.1, -0.05) is 28.1 Å². The summed E-state index contributed by atoms with van der Waals surface area (Å²) >= 11 is 7.86. The van der Waals surface area contributed by atoms with Gasteiger partial charge in [-0.25, -0.2) is 0 Å². The number of thiocarbonyl (C=S) groups is 1. The SMILES string of the molecule is NC(=S)NNC(=O)Cc1ccc(Br)cc1. The number of hydrogen-bond donors (Lipinski definition) is 3. The van der Waals surface area contributed by atoms with Gasteiger partial charge in [0.05, 0.1) is 6.42 Å². The van der Waals surface area contributed by atoms with Crippen LogP contribution in [0.25, 0.3) is 0 Å². The molecule has 80 valence electrons. The van der Waals surface area contributed by atoms with E-state index in [2.05, 4.69) is 39.0 Å². The number of nitrogens with one attached hydrogen (secondary N) is 2. The first kappa shape index (κ1) is 11.9. The molecule has 0 atom stereocenters. The van der Waals surface area contributed by atoms with Crippen LogP contribution < -0.4 is 16.6 Å². The Morgan fingerprint density at radius 2 is 1.93 bits per heavy atom. The zero-order chi connectivity index (χ0) is 11.3. The molecular weight excluding hydrogens is 278 g/mol. The Labute approximate surface area is 101 Å². The van der Waals surface area contributed by atoms with Crippen LogP contribution in [-0.4, -0.2) is 11.0 Å². The van der Waals surface area contributed by atoms with E-state index in [4.69, 9.17) is 5.73 Å². The molecule has 0 radical (unpaired) electrons. The summed E-state index contributed by atoms with van der Waals surface area (Å²) in [5, 5.41) is 0.0409. The number of hydrazine groups is 1. The Bertz CT molecular complexity index is 366. The second-order valence-electron chi connectivity index (χ2n) is 2.84. The molecule has 0 heterocycles. The van der Waals surface area contributed by atoms with Crippen LogP contribution in [0.4, 0.5) is 0 Å². The molecule has 15 heavy (non-hydrogen) atoms. The van der Waals surface area contributed by atoms with Gasteiger partial charge in [-0.15, -0.1) is 0 Å². The van der Waals surface area contributed by atoms with Crippen LogP contribution in [0.3, 0.4) is 0 Å². The Morgan fingerprint density at radius 1 is 1.33 bits per heavy atom. The van der Waals surface area contributed by atoms with Gasteiger partial charge < -0.3 is 5.73 Å². The minimum Gasteiger partial charge on any atom is -0.375 e. The van der Waals surface area contributed by atoms with Crippen LogP contribution >= 0.6 is 28.1 Å². The summed E-state index contributed by atoms with van der Waals surface area (Å²) in [5.74, 6) is -0.190. The Balaban J connectivity index is 2.44. The first-order chi connectivity index (χ1) is 7.08. The molecule has 1 rings (SSSR count). The largest absolute Gasteiger partial charge is 0.375 e. The molecule has 4 N–H and O–H groups in total. The van der Waals surface area contributed by atoms with Crippen LogP contribution in [0.1, 0.15) is 5.56 Å². The molecule has 0 aliphatic carbocycles. The second-order valence-corrected chi connectivity index (χ2v) is 4.20. The summed E-state index contributed by atoms with van der Waals surface area (Å²) in [7, 11) is 0. The molecule has 0 saturated carbocycles. The smallest absolute Gasteiger partial charge is 0.242 e. The second kappa shape index (κ2) is 5.67. The van der Waals surface area contributed by atoms with Crippen molar-refractivity contribution in [2.75, 3.05) is 0 Å². The summed E-state index contributed by atoms with van der Waals surface area (Å²) in [6, 6.07) is 7.49. The van der Waals surface area contributed by atoms with Crippen LogP contribution in [0.15, 0.2) is 28.7 Å². The molecule has 4 nitrogen and oxygen atoms in total. The van der Waals surface area contributed by atoms with Crippen molar-refractivity contribution in [3.63, 3.8) is 0 Å². The Hall–Kier alpha value is -1.14. The Kier molecular flexibility index (Phi) is 4.51. The molecule has 1 aromatic rings. The van der Waals surface area contributed by atoms with Gasteiger partial charge in [0, 0.05) is 4.47 Å². The quantitative estimate of drug-likeness (QED) is 0.558. The number of carbonyl (C=O) groups is 1. The van der Waals surface area contributed by atoms with Gasteiger partial charge in [-0.05, 0) is 29.9 Å². The predicted octanol–water partition coefficient (Wildman–Crippen LogP) is 0.856. The van der Waals surface area contributed by atoms with Crippen molar-refractivity contribution in [1.82, 2.24) is 10.9 Å². The lowest BCUT2D eigenvalue weighted by Crippen LogP contribution is -2.44. The van der Waals surface area contributed by atoms with Crippen molar-refractivity contribution in [2.45, 2.75) is 6.42 Å². The van der Waals surface area contributed by atoms with Crippen LogP contribution in [0.2, 0.25) is 0 Å². The van der Waals surface area contributed by atoms with Crippen molar-refractivity contribution in [1.29, 1.82) is 0 Å². The van der Waals surface area contributed by atoms with Gasteiger partial charge in [0.25, 0.3) is 0 Å². The van der Waals surface area contributed by atoms with Crippen molar-refractivity contribution in [3.8, 4) is 0 Å². The fourth-order valence-corrected chi connectivity index (χ4v) is 1.28. The van der Waals surface area contributed by atoms with Crippen molar-refractivity contribution in [3.05, 3.63) is 34.3 Å². The van der Waals surface area contributed by atoms with Crippen LogP contribution in [-0.2, 0) is 11.2 Å². The number of halogens is 1. The van der Waals surface area contributed by atoms with Gasteiger partial charge in [-0.2, -0.15) is 0 Å². The number of rotatable bonds is 2. The molecule has 1 aromatic carbocycles. The summed E-state index contributed by atoms with van der Waals surface area (Å²) in [6.45, 7) is 0. The molecule has 6 heteroatoms. The number of hydrogen-bond acceptors (Lipinski definition) is 2. The van der Waals surface area contributed by atoms with E-state index in [1.54, 1.807) is 0 Å². The van der Waals surface area contributed by atoms with Crippen molar-refractivity contribution in [2.24, 2.45) is 5.73 Å². The van der Waals surface area contributed by atoms with E-state index < -0.39 is 0 Å². The molecule has 0 saturated heterocycles. The topological polar surface area (TPSA) is 67.2 Å². The third kappa shape index (κ3) is 4.75. The lowest BCUT2D eigenvalue weighted by molar-refractivity contribution is -0.121. The molecule has 0 unspecified atom stereocenters. The summed E-state index contributed by atoms with van der Waals surface area (Å²) < 4.78 is 0.980. The van der Waals surface area contributed by atoms with Gasteiger partial charge >= 0.3 is 0 Å². The highest BCUT2D eigenvalue weighted by molar-refractivity contribution is 9.10. The average molecular weight is 288 g/mol. The van der Waals surface area contributed by atoms with E-state index in [0.717, 1.165) is 10.0 Å². The minimum absolute atomic E-state index is 0.0409. The maximum absolute atomic E-state index is 11.3. The molecule has 0 aromatic heterocycles. The predicted molar refractivity (Wildman–Crippen MR) is 65.9 cm³/mol. The van der Waals surface area contributed by atoms with E-state index in [1.165, 1.54) is 0 Å². The lowest BCUT2D eigenvalue weighted by atomic mass is 10.1. The molecule has 0 aliphatic heterocycles. The number of nitrogens with two attached hydrogens (primary N) is 1. The van der Waals surface area contributed by atoms with E-state index in [-0.39, 0.29) is 17.4 Å². The third-order valence-electron chi connectivity index (χ3n) is 1.60. The highest BCUT2D eigenvalue weighted by atomic mass is 79.9. The molecule has 1 amide bonds. The van der Waals surface area contributed by atoms with Gasteiger partial charge in [0.2, 0.25) is 5.91 Å². The number of carbonyl (C=O) groups excluding carboxylic acids is 1. The summed E-state index contributed by atoms with van der Waals surface area (Å²) in [5.41, 5.74) is 10.8. The summed E-state index contributed by atoms with van der Waals surface area (Å²) in [6.07, 6.45) is 0.281. The molecule has 0 fully saturated rings. The highest BCUT2D eigenvalue weighted by Crippen LogP contribution is 2.10. The Morgan fingerprint density at radius 3 is 2.47 bits per heavy atom. The number of benzene rings is 1. The average Bonchev–Trinajstić information content (AvgIpc) is 2.19. The van der Waals surface area contributed by atoms with Gasteiger partial charge in [-0.3, -0.25) is 15.6 Å². The van der Waals surface area contributed by atoms with Crippen LogP contribution in [0, 0.1) is 0 Å². The fraction of sp³-hybridized carbons (Fsp3) is 0.111. The van der Waals surface area contributed by atoms with Gasteiger partial charge in [0.15, 0.2) is 5.11 Å².